The first kappa shape index (κ1) is 17.4. The molecule has 0 amide bonds. The van der Waals surface area contributed by atoms with Gasteiger partial charge in [0.1, 0.15) is 0 Å². The van der Waals surface area contributed by atoms with Crippen molar-refractivity contribution in [2.24, 2.45) is 7.05 Å². The number of anilines is 1. The number of halogens is 1. The van der Waals surface area contributed by atoms with Crippen molar-refractivity contribution in [3.8, 4) is 0 Å². The zero-order chi connectivity index (χ0) is 17.8. The minimum Gasteiger partial charge on any atom is -0.346 e. The Labute approximate surface area is 157 Å². The lowest BCUT2D eigenvalue weighted by atomic mass is 10.2. The number of thiocarbonyl (C=S) groups is 1. The molecule has 8 heteroatoms. The van der Waals surface area contributed by atoms with E-state index in [1.165, 1.54) is 0 Å². The summed E-state index contributed by atoms with van der Waals surface area (Å²) in [6.07, 6.45) is 3.81. The molecule has 0 bridgehead atoms. The third-order valence-electron chi connectivity index (χ3n) is 3.68. The molecule has 1 N–H and O–H groups in total. The maximum Gasteiger partial charge on any atom is 0.174 e. The highest BCUT2D eigenvalue weighted by Crippen LogP contribution is 2.16. The van der Waals surface area contributed by atoms with Gasteiger partial charge in [0.2, 0.25) is 0 Å². The van der Waals surface area contributed by atoms with E-state index in [2.05, 4.69) is 15.5 Å². The van der Waals surface area contributed by atoms with Crippen LogP contribution in [0.15, 0.2) is 48.8 Å². The average molecular weight is 375 g/mol. The lowest BCUT2D eigenvalue weighted by molar-refractivity contribution is 0.495. The van der Waals surface area contributed by atoms with Crippen LogP contribution in [0.5, 0.6) is 0 Å². The highest BCUT2D eigenvalue weighted by Gasteiger charge is 2.09. The molecule has 3 aromatic rings. The molecule has 0 atom stereocenters. The number of rotatable bonds is 5. The summed E-state index contributed by atoms with van der Waals surface area (Å²) in [6, 6.07) is 11.6. The van der Waals surface area contributed by atoms with Gasteiger partial charge in [0.05, 0.1) is 18.8 Å². The fourth-order valence-corrected chi connectivity index (χ4v) is 2.75. The number of nitrogens with zero attached hydrogens (tertiary/aromatic N) is 5. The Bertz CT molecular complexity index is 871. The van der Waals surface area contributed by atoms with Gasteiger partial charge in [0, 0.05) is 37.6 Å². The van der Waals surface area contributed by atoms with Crippen molar-refractivity contribution in [3.05, 3.63) is 65.1 Å². The predicted octanol–water partition coefficient (Wildman–Crippen LogP) is 3.15. The number of hydrogen-bond acceptors (Lipinski definition) is 3. The Kier molecular flexibility index (Phi) is 5.35. The maximum atomic E-state index is 6.19. The van der Waals surface area contributed by atoms with E-state index in [1.54, 1.807) is 4.68 Å². The number of hydrogen-bond donors (Lipinski definition) is 1. The second-order valence-electron chi connectivity index (χ2n) is 5.76. The molecule has 25 heavy (non-hydrogen) atoms. The third-order valence-corrected chi connectivity index (χ3v) is 4.46. The van der Waals surface area contributed by atoms with Crippen LogP contribution in [0.1, 0.15) is 11.3 Å². The van der Waals surface area contributed by atoms with E-state index < -0.39 is 0 Å². The zero-order valence-electron chi connectivity index (χ0n) is 14.1. The molecule has 0 aliphatic carbocycles. The third kappa shape index (κ3) is 4.58. The number of aryl methyl sites for hydroxylation is 1. The van der Waals surface area contributed by atoms with E-state index >= 15 is 0 Å². The molecule has 130 valence electrons. The Morgan fingerprint density at radius 3 is 2.72 bits per heavy atom. The number of aromatic nitrogens is 4. The first-order valence-corrected chi connectivity index (χ1v) is 8.57. The van der Waals surface area contributed by atoms with E-state index in [1.807, 2.05) is 72.5 Å². The Morgan fingerprint density at radius 2 is 2.00 bits per heavy atom. The lowest BCUT2D eigenvalue weighted by Gasteiger charge is -2.18. The van der Waals surface area contributed by atoms with Gasteiger partial charge in [-0.15, -0.1) is 0 Å². The molecule has 0 radical (unpaired) electrons. The van der Waals surface area contributed by atoms with Gasteiger partial charge < -0.3 is 10.2 Å². The predicted molar refractivity (Wildman–Crippen MR) is 104 cm³/mol. The molecule has 2 heterocycles. The van der Waals surface area contributed by atoms with E-state index in [4.69, 9.17) is 23.8 Å². The van der Waals surface area contributed by atoms with Crippen LogP contribution >= 0.6 is 23.8 Å². The normalized spacial score (nSPS) is 10.7. The van der Waals surface area contributed by atoms with E-state index in [0.717, 1.165) is 16.3 Å². The summed E-state index contributed by atoms with van der Waals surface area (Å²) < 4.78 is 3.60. The largest absolute Gasteiger partial charge is 0.346 e. The van der Waals surface area contributed by atoms with Crippen molar-refractivity contribution in [2.45, 2.75) is 13.1 Å². The van der Waals surface area contributed by atoms with Crippen LogP contribution in [0.2, 0.25) is 5.02 Å². The molecule has 6 nitrogen and oxygen atoms in total. The van der Waals surface area contributed by atoms with Gasteiger partial charge in [-0.05, 0) is 29.9 Å². The highest BCUT2D eigenvalue weighted by molar-refractivity contribution is 7.80. The lowest BCUT2D eigenvalue weighted by Crippen LogP contribution is -2.31. The van der Waals surface area contributed by atoms with Crippen molar-refractivity contribution in [1.29, 1.82) is 0 Å². The summed E-state index contributed by atoms with van der Waals surface area (Å²) in [6.45, 7) is 1.24. The molecule has 0 saturated carbocycles. The standard InChI is InChI=1S/C17H19ClN6S/c1-22(12-14-7-9-23(2)20-14)17(25)19-16-8-10-24(21-16)11-13-5-3-4-6-15(13)18/h3-10H,11-12H2,1-2H3,(H,19,21,25). The smallest absolute Gasteiger partial charge is 0.174 e. The molecule has 0 fully saturated rings. The summed E-state index contributed by atoms with van der Waals surface area (Å²) in [5, 5.41) is 13.3. The van der Waals surface area contributed by atoms with Gasteiger partial charge >= 0.3 is 0 Å². The van der Waals surface area contributed by atoms with Gasteiger partial charge in [-0.1, -0.05) is 29.8 Å². The number of nitrogens with one attached hydrogen (secondary N) is 1. The second kappa shape index (κ2) is 7.67. The van der Waals surface area contributed by atoms with Crippen LogP contribution in [0.4, 0.5) is 5.82 Å². The van der Waals surface area contributed by atoms with Crippen LogP contribution in [0, 0.1) is 0 Å². The molecule has 0 spiro atoms. The topological polar surface area (TPSA) is 50.9 Å². The second-order valence-corrected chi connectivity index (χ2v) is 6.55. The van der Waals surface area contributed by atoms with Crippen molar-refractivity contribution in [3.63, 3.8) is 0 Å². The molecule has 1 aromatic carbocycles. The zero-order valence-corrected chi connectivity index (χ0v) is 15.6. The van der Waals surface area contributed by atoms with Crippen molar-refractivity contribution < 1.29 is 0 Å². The molecular formula is C17H19ClN6S. The van der Waals surface area contributed by atoms with Gasteiger partial charge in [-0.3, -0.25) is 9.36 Å². The van der Waals surface area contributed by atoms with Crippen molar-refractivity contribution in [2.75, 3.05) is 12.4 Å². The molecule has 0 unspecified atom stereocenters. The Balaban J connectivity index is 1.59. The average Bonchev–Trinajstić information content (AvgIpc) is 3.18. The molecule has 0 aliphatic heterocycles. The van der Waals surface area contributed by atoms with E-state index in [-0.39, 0.29) is 0 Å². The van der Waals surface area contributed by atoms with Gasteiger partial charge in [0.15, 0.2) is 10.9 Å². The molecule has 0 aliphatic rings. The van der Waals surface area contributed by atoms with Crippen LogP contribution in [0.3, 0.4) is 0 Å². The minimum atomic E-state index is 0.591. The summed E-state index contributed by atoms with van der Waals surface area (Å²) in [7, 11) is 3.82. The quantitative estimate of drug-likeness (QED) is 0.695. The first-order chi connectivity index (χ1) is 12.0. The van der Waals surface area contributed by atoms with Crippen LogP contribution < -0.4 is 5.32 Å². The number of benzene rings is 1. The molecule has 3 rings (SSSR count). The fraction of sp³-hybridized carbons (Fsp3) is 0.235. The molecular weight excluding hydrogens is 356 g/mol. The van der Waals surface area contributed by atoms with Crippen LogP contribution in [-0.4, -0.2) is 36.6 Å². The Morgan fingerprint density at radius 1 is 1.20 bits per heavy atom. The summed E-state index contributed by atoms with van der Waals surface area (Å²) in [5.74, 6) is 0.699. The van der Waals surface area contributed by atoms with Crippen LogP contribution in [0.25, 0.3) is 0 Å². The van der Waals surface area contributed by atoms with E-state index in [0.29, 0.717) is 24.0 Å². The van der Waals surface area contributed by atoms with Crippen molar-refractivity contribution in [1.82, 2.24) is 24.5 Å². The molecule has 2 aromatic heterocycles. The van der Waals surface area contributed by atoms with Crippen LogP contribution in [-0.2, 0) is 20.1 Å². The summed E-state index contributed by atoms with van der Waals surface area (Å²) in [5.41, 5.74) is 1.98. The minimum absolute atomic E-state index is 0.591. The van der Waals surface area contributed by atoms with Gasteiger partial charge in [0.25, 0.3) is 0 Å². The van der Waals surface area contributed by atoms with Gasteiger partial charge in [-0.25, -0.2) is 0 Å². The SMILES string of the molecule is CN(Cc1ccn(C)n1)C(=S)Nc1ccn(Cc2ccccc2Cl)n1. The highest BCUT2D eigenvalue weighted by atomic mass is 35.5. The summed E-state index contributed by atoms with van der Waals surface area (Å²) >= 11 is 11.6. The summed E-state index contributed by atoms with van der Waals surface area (Å²) in [4.78, 5) is 1.92. The van der Waals surface area contributed by atoms with Crippen molar-refractivity contribution >= 4 is 34.7 Å². The van der Waals surface area contributed by atoms with Gasteiger partial charge in [-0.2, -0.15) is 10.2 Å². The fourth-order valence-electron chi connectivity index (χ4n) is 2.38. The monoisotopic (exact) mass is 374 g/mol. The maximum absolute atomic E-state index is 6.19. The Hall–Kier alpha value is -2.38. The molecule has 0 saturated heterocycles. The van der Waals surface area contributed by atoms with E-state index in [9.17, 15) is 0 Å². The first-order valence-electron chi connectivity index (χ1n) is 7.79.